The summed E-state index contributed by atoms with van der Waals surface area (Å²) in [6.07, 6.45) is 7.92. The average molecular weight is 346 g/mol. The number of rotatable bonds is 9. The van der Waals surface area contributed by atoms with E-state index in [0.29, 0.717) is 0 Å². The molecule has 2 bridgehead atoms. The minimum absolute atomic E-state index is 0.0473. The summed E-state index contributed by atoms with van der Waals surface area (Å²) < 4.78 is 11.8. The van der Waals surface area contributed by atoms with Gasteiger partial charge in [-0.3, -0.25) is 0 Å². The molecule has 4 nitrogen and oxygen atoms in total. The molecule has 1 unspecified atom stereocenters. The van der Waals surface area contributed by atoms with Crippen molar-refractivity contribution in [1.29, 1.82) is 0 Å². The van der Waals surface area contributed by atoms with Crippen LogP contribution in [0.15, 0.2) is 24.3 Å². The standard InChI is InChI=1S/C21H33N2O2/c1-24-19-15-20(25-2)9-11-21(19,12-10-20)18-7-5-17(6-8-18)16-23-14-4-3-13-22/h5-8,14,19,23H,3-4,9-13,15-16,22H2,1-2H3. The van der Waals surface area contributed by atoms with Gasteiger partial charge < -0.3 is 20.5 Å². The van der Waals surface area contributed by atoms with E-state index < -0.39 is 0 Å². The van der Waals surface area contributed by atoms with Crippen LogP contribution < -0.4 is 11.1 Å². The Balaban J connectivity index is 1.65. The first kappa shape index (κ1) is 18.8. The van der Waals surface area contributed by atoms with Crippen molar-refractivity contribution in [3.05, 3.63) is 41.9 Å². The van der Waals surface area contributed by atoms with Gasteiger partial charge in [0.05, 0.1) is 11.7 Å². The predicted molar refractivity (Wildman–Crippen MR) is 101 cm³/mol. The van der Waals surface area contributed by atoms with Gasteiger partial charge in [0.15, 0.2) is 0 Å². The second kappa shape index (κ2) is 8.17. The second-order valence-corrected chi connectivity index (χ2v) is 7.68. The molecule has 0 heterocycles. The number of ether oxygens (including phenoxy) is 2. The fraction of sp³-hybridized carbons (Fsp3) is 0.667. The highest BCUT2D eigenvalue weighted by Gasteiger charge is 2.55. The van der Waals surface area contributed by atoms with Gasteiger partial charge in [-0.25, -0.2) is 0 Å². The highest BCUT2D eigenvalue weighted by molar-refractivity contribution is 5.34. The molecule has 0 aromatic heterocycles. The molecule has 0 amide bonds. The number of unbranched alkanes of at least 4 members (excludes halogenated alkanes) is 1. The molecule has 0 spiro atoms. The number of fused-ring (bicyclic) bond motifs is 3. The van der Waals surface area contributed by atoms with E-state index >= 15 is 0 Å². The van der Waals surface area contributed by atoms with E-state index in [1.807, 2.05) is 14.2 Å². The lowest BCUT2D eigenvalue weighted by molar-refractivity contribution is -0.157. The molecule has 3 saturated carbocycles. The van der Waals surface area contributed by atoms with Crippen molar-refractivity contribution >= 4 is 0 Å². The van der Waals surface area contributed by atoms with Crippen molar-refractivity contribution in [2.75, 3.05) is 20.8 Å². The lowest BCUT2D eigenvalue weighted by Gasteiger charge is -2.56. The predicted octanol–water partition coefficient (Wildman–Crippen LogP) is 3.29. The third kappa shape index (κ3) is 3.77. The van der Waals surface area contributed by atoms with Gasteiger partial charge in [-0.15, -0.1) is 0 Å². The zero-order chi connectivity index (χ0) is 17.8. The lowest BCUT2D eigenvalue weighted by atomic mass is 9.54. The highest BCUT2D eigenvalue weighted by atomic mass is 16.5. The Kier molecular flexibility index (Phi) is 6.16. The van der Waals surface area contributed by atoms with Gasteiger partial charge in [0, 0.05) is 39.1 Å². The van der Waals surface area contributed by atoms with Crippen molar-refractivity contribution in [3.8, 4) is 0 Å². The molecule has 1 aromatic carbocycles. The maximum absolute atomic E-state index is 5.93. The first-order valence-corrected chi connectivity index (χ1v) is 9.60. The van der Waals surface area contributed by atoms with Crippen LogP contribution in [-0.4, -0.2) is 32.5 Å². The number of benzene rings is 1. The molecular weight excluding hydrogens is 312 g/mol. The zero-order valence-corrected chi connectivity index (χ0v) is 15.7. The SMILES string of the molecule is COC1CC2(OC)CCC1(c1ccc(CN[CH]CCCN)cc1)CC2. The van der Waals surface area contributed by atoms with Crippen LogP contribution in [0.1, 0.15) is 56.1 Å². The van der Waals surface area contributed by atoms with Gasteiger partial charge >= 0.3 is 0 Å². The van der Waals surface area contributed by atoms with Crippen molar-refractivity contribution < 1.29 is 9.47 Å². The summed E-state index contributed by atoms with van der Waals surface area (Å²) in [6.45, 7) is 3.74. The Labute approximate surface area is 152 Å². The van der Waals surface area contributed by atoms with Gasteiger partial charge in [-0.1, -0.05) is 24.3 Å². The van der Waals surface area contributed by atoms with E-state index in [0.717, 1.165) is 58.0 Å². The maximum atomic E-state index is 5.93. The smallest absolute Gasteiger partial charge is 0.0704 e. The Morgan fingerprint density at radius 3 is 2.48 bits per heavy atom. The van der Waals surface area contributed by atoms with E-state index in [9.17, 15) is 0 Å². The molecule has 4 heteroatoms. The quantitative estimate of drug-likeness (QED) is 0.674. The molecule has 1 atom stereocenters. The summed E-state index contributed by atoms with van der Waals surface area (Å²) in [7, 11) is 3.71. The molecule has 0 saturated heterocycles. The summed E-state index contributed by atoms with van der Waals surface area (Å²) in [6, 6.07) is 9.14. The van der Waals surface area contributed by atoms with Crippen LogP contribution in [0.5, 0.6) is 0 Å². The van der Waals surface area contributed by atoms with Crippen molar-refractivity contribution in [3.63, 3.8) is 0 Å². The summed E-state index contributed by atoms with van der Waals surface area (Å²) in [4.78, 5) is 0. The van der Waals surface area contributed by atoms with Crippen LogP contribution in [-0.2, 0) is 21.4 Å². The van der Waals surface area contributed by atoms with Gasteiger partial charge in [-0.2, -0.15) is 0 Å². The number of nitrogens with two attached hydrogens (primary N) is 1. The van der Waals surface area contributed by atoms with Crippen LogP contribution >= 0.6 is 0 Å². The molecule has 3 N–H and O–H groups in total. The summed E-state index contributed by atoms with van der Waals surface area (Å²) >= 11 is 0. The van der Waals surface area contributed by atoms with Gasteiger partial charge in [0.1, 0.15) is 0 Å². The molecule has 139 valence electrons. The topological polar surface area (TPSA) is 56.5 Å². The molecule has 1 radical (unpaired) electrons. The Hall–Kier alpha value is -0.940. The molecule has 1 aromatic rings. The largest absolute Gasteiger partial charge is 0.380 e. The molecule has 3 aliphatic carbocycles. The molecule has 0 aliphatic heterocycles. The average Bonchev–Trinajstić information content (AvgIpc) is 2.69. The molecule has 4 rings (SSSR count). The first-order chi connectivity index (χ1) is 12.2. The third-order valence-corrected chi connectivity index (χ3v) is 6.48. The van der Waals surface area contributed by atoms with E-state index in [2.05, 4.69) is 36.1 Å². The first-order valence-electron chi connectivity index (χ1n) is 9.60. The van der Waals surface area contributed by atoms with Crippen molar-refractivity contribution in [1.82, 2.24) is 5.32 Å². The monoisotopic (exact) mass is 345 g/mol. The summed E-state index contributed by atoms with van der Waals surface area (Å²) in [5, 5.41) is 3.38. The Bertz CT molecular complexity index is 535. The fourth-order valence-electron chi connectivity index (χ4n) is 4.75. The number of hydrogen-bond acceptors (Lipinski definition) is 4. The lowest BCUT2D eigenvalue weighted by Crippen LogP contribution is -2.58. The van der Waals surface area contributed by atoms with E-state index in [4.69, 9.17) is 15.2 Å². The van der Waals surface area contributed by atoms with Crippen LogP contribution in [0.3, 0.4) is 0 Å². The van der Waals surface area contributed by atoms with Crippen molar-refractivity contribution in [2.24, 2.45) is 5.73 Å². The number of nitrogens with one attached hydrogen (secondary N) is 1. The van der Waals surface area contributed by atoms with Crippen LogP contribution in [0.4, 0.5) is 0 Å². The molecule has 3 aliphatic rings. The minimum Gasteiger partial charge on any atom is -0.380 e. The van der Waals surface area contributed by atoms with E-state index in [-0.39, 0.29) is 17.1 Å². The fourth-order valence-corrected chi connectivity index (χ4v) is 4.75. The normalized spacial score (nSPS) is 31.4. The van der Waals surface area contributed by atoms with E-state index in [1.54, 1.807) is 0 Å². The van der Waals surface area contributed by atoms with E-state index in [1.165, 1.54) is 11.1 Å². The molecule has 3 fully saturated rings. The minimum atomic E-state index is 0.0473. The van der Waals surface area contributed by atoms with Crippen molar-refractivity contribution in [2.45, 2.75) is 68.6 Å². The van der Waals surface area contributed by atoms with Crippen LogP contribution in [0, 0.1) is 6.54 Å². The van der Waals surface area contributed by atoms with Gasteiger partial charge in [0.2, 0.25) is 0 Å². The molecular formula is C21H33N2O2. The highest BCUT2D eigenvalue weighted by Crippen LogP contribution is 2.55. The number of hydrogen-bond donors (Lipinski definition) is 2. The third-order valence-electron chi connectivity index (χ3n) is 6.48. The molecule has 25 heavy (non-hydrogen) atoms. The summed E-state index contributed by atoms with van der Waals surface area (Å²) in [5.41, 5.74) is 8.47. The summed E-state index contributed by atoms with van der Waals surface area (Å²) in [5.74, 6) is 0. The number of methoxy groups -OCH3 is 2. The van der Waals surface area contributed by atoms with Gasteiger partial charge in [0.25, 0.3) is 0 Å². The van der Waals surface area contributed by atoms with Crippen LogP contribution in [0.2, 0.25) is 0 Å². The Morgan fingerprint density at radius 2 is 1.88 bits per heavy atom. The van der Waals surface area contributed by atoms with Crippen LogP contribution in [0.25, 0.3) is 0 Å². The zero-order valence-electron chi connectivity index (χ0n) is 15.7. The van der Waals surface area contributed by atoms with Gasteiger partial charge in [-0.05, 0) is 56.2 Å². The second-order valence-electron chi connectivity index (χ2n) is 7.68. The Morgan fingerprint density at radius 1 is 1.16 bits per heavy atom. The maximum Gasteiger partial charge on any atom is 0.0704 e.